The molecule has 3 aromatic rings. The highest BCUT2D eigenvalue weighted by atomic mass is 16.5. The van der Waals surface area contributed by atoms with E-state index < -0.39 is 36.4 Å². The van der Waals surface area contributed by atoms with Crippen molar-refractivity contribution in [2.45, 2.75) is 44.5 Å². The molecule has 1 aromatic carbocycles. The molecule has 6 bridgehead atoms. The molecule has 0 spiro atoms. The van der Waals surface area contributed by atoms with Gasteiger partial charge in [0.2, 0.25) is 5.95 Å². The number of carboxylic acids is 3. The third-order valence-electron chi connectivity index (χ3n) is 7.13. The van der Waals surface area contributed by atoms with Crippen molar-refractivity contribution < 1.29 is 53.4 Å². The molecule has 0 amide bonds. The number of hydrogen-bond donors (Lipinski definition) is 5. The van der Waals surface area contributed by atoms with Gasteiger partial charge in [0, 0.05) is 24.0 Å². The third kappa shape index (κ3) is 11.2. The average molecular weight is 655 g/mol. The van der Waals surface area contributed by atoms with Gasteiger partial charge in [-0.05, 0) is 62.3 Å². The zero-order valence-corrected chi connectivity index (χ0v) is 25.7. The zero-order valence-electron chi connectivity index (χ0n) is 25.7. The highest BCUT2D eigenvalue weighted by molar-refractivity contribution is 5.88. The maximum Gasteiger partial charge on any atom is 0.336 e. The summed E-state index contributed by atoms with van der Waals surface area (Å²) in [5.41, 5.74) is -0.190. The van der Waals surface area contributed by atoms with E-state index in [0.29, 0.717) is 50.4 Å². The Balaban J connectivity index is 0.000000328. The number of aliphatic carboxylic acids is 3. The molecule has 47 heavy (non-hydrogen) atoms. The number of carboxylic acid groups (broad SMARTS) is 3. The lowest BCUT2D eigenvalue weighted by molar-refractivity contribution is -0.170. The lowest BCUT2D eigenvalue weighted by atomic mass is 9.96. The Morgan fingerprint density at radius 1 is 0.936 bits per heavy atom. The number of likely N-dealkylation sites (tertiary alicyclic amines) is 1. The quantitative estimate of drug-likeness (QED) is 0.209. The molecule has 2 aromatic heterocycles. The molecule has 0 aliphatic carbocycles. The van der Waals surface area contributed by atoms with Crippen LogP contribution in [-0.2, 0) is 37.1 Å². The van der Waals surface area contributed by atoms with Crippen molar-refractivity contribution in [2.24, 2.45) is 0 Å². The summed E-state index contributed by atoms with van der Waals surface area (Å²) in [5, 5.41) is 37.1. The second-order valence-electron chi connectivity index (χ2n) is 10.9. The van der Waals surface area contributed by atoms with Gasteiger partial charge in [0.05, 0.1) is 32.7 Å². The van der Waals surface area contributed by atoms with Crippen LogP contribution in [0.1, 0.15) is 37.0 Å². The lowest BCUT2D eigenvalue weighted by Crippen LogP contribution is -2.42. The SMILES string of the molecule is C1=CCOCc2cc(ccc2OCCN2CCCC2)Nc2nccc(n2)-c2ccc(o2)COC1.O=C(O)CC(O)(CC(=O)O)C(=O)O. The lowest BCUT2D eigenvalue weighted by Gasteiger charge is -2.18. The molecule has 15 heteroatoms. The van der Waals surface area contributed by atoms with Crippen LogP contribution < -0.4 is 10.1 Å². The summed E-state index contributed by atoms with van der Waals surface area (Å²) in [4.78, 5) is 41.9. The number of nitrogens with zero attached hydrogens (tertiary/aromatic N) is 3. The molecule has 2 aliphatic heterocycles. The number of benzene rings is 1. The zero-order chi connectivity index (χ0) is 33.6. The van der Waals surface area contributed by atoms with E-state index in [9.17, 15) is 14.4 Å². The van der Waals surface area contributed by atoms with Crippen molar-refractivity contribution in [3.05, 3.63) is 66.1 Å². The molecule has 15 nitrogen and oxygen atoms in total. The van der Waals surface area contributed by atoms with Crippen LogP contribution in [0.2, 0.25) is 0 Å². The standard InChI is InChI=1S/C26H30N4O4.C6H8O7/c1-2-12-30(11-1)13-16-33-24-7-5-21-17-20(24)18-31-14-3-4-15-32-19-22-6-8-25(34-22)23-9-10-27-26(28-21)29-23;7-3(8)1-6(13,5(11)12)2-4(9)10/h3-10,17H,1-2,11-16,18-19H2,(H,27,28,29);13H,1-2H2,(H,7,8)(H,9,10)(H,11,12). The fraction of sp³-hybridized carbons (Fsp3) is 0.406. The Morgan fingerprint density at radius 3 is 2.32 bits per heavy atom. The number of aliphatic hydroxyl groups is 1. The number of aromatic nitrogens is 2. The Hall–Kier alpha value is -4.83. The molecular weight excluding hydrogens is 616 g/mol. The van der Waals surface area contributed by atoms with Gasteiger partial charge in [0.15, 0.2) is 11.4 Å². The van der Waals surface area contributed by atoms with E-state index >= 15 is 0 Å². The predicted molar refractivity (Wildman–Crippen MR) is 166 cm³/mol. The number of furan rings is 1. The van der Waals surface area contributed by atoms with Crippen molar-refractivity contribution in [1.82, 2.24) is 14.9 Å². The van der Waals surface area contributed by atoms with Crippen LogP contribution >= 0.6 is 0 Å². The summed E-state index contributed by atoms with van der Waals surface area (Å²) in [7, 11) is 0. The molecule has 0 atom stereocenters. The number of rotatable bonds is 9. The largest absolute Gasteiger partial charge is 0.492 e. The molecule has 0 radical (unpaired) electrons. The van der Waals surface area contributed by atoms with Crippen LogP contribution in [0, 0.1) is 0 Å². The number of ether oxygens (including phenoxy) is 3. The van der Waals surface area contributed by atoms with E-state index in [1.54, 1.807) is 6.20 Å². The fourth-order valence-electron chi connectivity index (χ4n) is 4.79. The molecule has 1 fully saturated rings. The number of nitrogens with one attached hydrogen (secondary N) is 1. The van der Waals surface area contributed by atoms with E-state index in [1.807, 2.05) is 48.6 Å². The van der Waals surface area contributed by atoms with Crippen molar-refractivity contribution >= 4 is 29.5 Å². The van der Waals surface area contributed by atoms with E-state index in [1.165, 1.54) is 12.8 Å². The maximum absolute atomic E-state index is 10.3. The Bertz CT molecular complexity index is 1520. The minimum absolute atomic E-state index is 0.393. The van der Waals surface area contributed by atoms with Gasteiger partial charge in [-0.3, -0.25) is 14.5 Å². The molecule has 5 rings (SSSR count). The fourth-order valence-corrected chi connectivity index (χ4v) is 4.79. The van der Waals surface area contributed by atoms with Crippen LogP contribution in [0.3, 0.4) is 0 Å². The first kappa shape index (κ1) is 35.0. The molecule has 5 N–H and O–H groups in total. The first-order valence-corrected chi connectivity index (χ1v) is 15.0. The number of anilines is 2. The van der Waals surface area contributed by atoms with Gasteiger partial charge in [-0.2, -0.15) is 0 Å². The smallest absolute Gasteiger partial charge is 0.336 e. The minimum Gasteiger partial charge on any atom is -0.492 e. The van der Waals surface area contributed by atoms with Crippen molar-refractivity contribution in [1.29, 1.82) is 0 Å². The Labute approximate surface area is 270 Å². The Morgan fingerprint density at radius 2 is 1.64 bits per heavy atom. The van der Waals surface area contributed by atoms with Crippen LogP contribution in [0.4, 0.5) is 11.6 Å². The van der Waals surface area contributed by atoms with E-state index in [0.717, 1.165) is 42.4 Å². The van der Waals surface area contributed by atoms with Crippen molar-refractivity contribution in [3.8, 4) is 17.2 Å². The second kappa shape index (κ2) is 17.2. The van der Waals surface area contributed by atoms with Crippen LogP contribution in [-0.4, -0.2) is 98.3 Å². The molecule has 1 saturated heterocycles. The summed E-state index contributed by atoms with van der Waals surface area (Å²) in [6.45, 7) is 5.74. The molecule has 0 unspecified atom stereocenters. The van der Waals surface area contributed by atoms with Crippen LogP contribution in [0.5, 0.6) is 5.75 Å². The van der Waals surface area contributed by atoms with E-state index in [2.05, 4.69) is 20.2 Å². The van der Waals surface area contributed by atoms with Crippen LogP contribution in [0.25, 0.3) is 11.5 Å². The Kier molecular flexibility index (Phi) is 12.8. The number of fused-ring (bicyclic) bond motifs is 7. The number of hydrogen-bond acceptors (Lipinski definition) is 12. The predicted octanol–water partition coefficient (Wildman–Crippen LogP) is 3.31. The van der Waals surface area contributed by atoms with Gasteiger partial charge in [-0.15, -0.1) is 0 Å². The molecule has 252 valence electrons. The highest BCUT2D eigenvalue weighted by Crippen LogP contribution is 2.27. The second-order valence-corrected chi connectivity index (χ2v) is 10.9. The third-order valence-corrected chi connectivity index (χ3v) is 7.13. The van der Waals surface area contributed by atoms with Crippen LogP contribution in [0.15, 0.2) is 59.2 Å². The van der Waals surface area contributed by atoms with E-state index in [-0.39, 0.29) is 0 Å². The monoisotopic (exact) mass is 654 g/mol. The summed E-state index contributed by atoms with van der Waals surface area (Å²) < 4.78 is 23.6. The van der Waals surface area contributed by atoms with Gasteiger partial charge in [0.25, 0.3) is 0 Å². The molecular formula is C32H38N4O11. The highest BCUT2D eigenvalue weighted by Gasteiger charge is 2.40. The normalized spacial score (nSPS) is 15.3. The van der Waals surface area contributed by atoms with E-state index in [4.69, 9.17) is 39.1 Å². The summed E-state index contributed by atoms with van der Waals surface area (Å²) in [6, 6.07) is 11.6. The van der Waals surface area contributed by atoms with Gasteiger partial charge in [-0.25, -0.2) is 14.8 Å². The topological polar surface area (TPSA) is 214 Å². The van der Waals surface area contributed by atoms with Gasteiger partial charge >= 0.3 is 17.9 Å². The average Bonchev–Trinajstić information content (AvgIpc) is 3.71. The molecule has 0 saturated carbocycles. The summed E-state index contributed by atoms with van der Waals surface area (Å²) in [6.07, 6.45) is 5.90. The first-order valence-electron chi connectivity index (χ1n) is 15.0. The van der Waals surface area contributed by atoms with Crippen molar-refractivity contribution in [3.63, 3.8) is 0 Å². The van der Waals surface area contributed by atoms with Gasteiger partial charge in [-0.1, -0.05) is 12.2 Å². The number of carbonyl (C=O) groups is 3. The maximum atomic E-state index is 10.3. The molecule has 4 heterocycles. The van der Waals surface area contributed by atoms with Crippen molar-refractivity contribution in [2.75, 3.05) is 44.8 Å². The molecule has 2 aliphatic rings. The summed E-state index contributed by atoms with van der Waals surface area (Å²) in [5.74, 6) is -2.26. The minimum atomic E-state index is -2.74. The van der Waals surface area contributed by atoms with Gasteiger partial charge < -0.3 is 44.4 Å². The van der Waals surface area contributed by atoms with Gasteiger partial charge in [0.1, 0.15) is 30.4 Å². The summed E-state index contributed by atoms with van der Waals surface area (Å²) >= 11 is 0. The first-order chi connectivity index (χ1) is 22.6.